The Morgan fingerprint density at radius 3 is 2.87 bits per heavy atom. The Kier molecular flexibility index (Phi) is 12.4. The molecular formula is C22H37N3O3S2. The molecule has 0 aromatic carbocycles. The number of aromatic nitrogens is 1. The molecule has 2 rings (SSSR count). The van der Waals surface area contributed by atoms with E-state index in [1.165, 1.54) is 43.4 Å². The van der Waals surface area contributed by atoms with Crippen molar-refractivity contribution in [3.05, 3.63) is 11.1 Å². The van der Waals surface area contributed by atoms with E-state index in [0.717, 1.165) is 49.0 Å². The molecule has 0 saturated carbocycles. The van der Waals surface area contributed by atoms with Gasteiger partial charge in [0, 0.05) is 36.7 Å². The van der Waals surface area contributed by atoms with Gasteiger partial charge in [-0.15, -0.1) is 11.3 Å². The molecule has 0 aliphatic carbocycles. The van der Waals surface area contributed by atoms with Crippen LogP contribution in [-0.4, -0.2) is 59.8 Å². The molecule has 1 aliphatic rings. The second-order valence-corrected chi connectivity index (χ2v) is 9.93. The van der Waals surface area contributed by atoms with Crippen LogP contribution >= 0.6 is 23.1 Å². The summed E-state index contributed by atoms with van der Waals surface area (Å²) in [7, 11) is 0. The van der Waals surface area contributed by atoms with Crippen LogP contribution in [0.3, 0.4) is 0 Å². The number of ether oxygens (including phenoxy) is 1. The Bertz CT molecular complexity index is 639. The molecule has 170 valence electrons. The van der Waals surface area contributed by atoms with E-state index in [-0.39, 0.29) is 11.9 Å². The standard InChI is InChI=1S/C22H37N3O3S2/c1-3-5-7-8-9-12-23-16-18-10-11-20(26)25(18)13-15-29-22-24-19(17-30-22)21(27)28-14-6-4-2/h17-18,23H,3-16H2,1-2H3/t18-/m1/s1. The van der Waals surface area contributed by atoms with E-state index in [0.29, 0.717) is 24.8 Å². The number of thioether (sulfide) groups is 1. The number of likely N-dealkylation sites (tertiary alicyclic amines) is 1. The fourth-order valence-corrected chi connectivity index (χ4v) is 5.27. The number of nitrogens with one attached hydrogen (secondary N) is 1. The van der Waals surface area contributed by atoms with Crippen LogP contribution in [0.5, 0.6) is 0 Å². The molecule has 1 aromatic rings. The zero-order valence-corrected chi connectivity index (χ0v) is 20.1. The van der Waals surface area contributed by atoms with Gasteiger partial charge in [0.25, 0.3) is 0 Å². The summed E-state index contributed by atoms with van der Waals surface area (Å²) >= 11 is 3.06. The number of nitrogens with zero attached hydrogens (tertiary/aromatic N) is 2. The number of unbranched alkanes of at least 4 members (excludes halogenated alkanes) is 5. The van der Waals surface area contributed by atoms with Crippen LogP contribution in [0.15, 0.2) is 9.72 Å². The Labute approximate surface area is 189 Å². The smallest absolute Gasteiger partial charge is 0.357 e. The highest BCUT2D eigenvalue weighted by atomic mass is 32.2. The Balaban J connectivity index is 1.66. The molecule has 1 fully saturated rings. The molecule has 1 N–H and O–H groups in total. The molecule has 1 aliphatic heterocycles. The first-order valence-corrected chi connectivity index (χ1v) is 13.3. The second kappa shape index (κ2) is 14.8. The highest BCUT2D eigenvalue weighted by Crippen LogP contribution is 2.25. The highest BCUT2D eigenvalue weighted by molar-refractivity contribution is 8.01. The van der Waals surface area contributed by atoms with E-state index in [1.807, 2.05) is 4.90 Å². The molecule has 1 saturated heterocycles. The zero-order valence-electron chi connectivity index (χ0n) is 18.5. The zero-order chi connectivity index (χ0) is 21.6. The number of hydrogen-bond acceptors (Lipinski definition) is 7. The van der Waals surface area contributed by atoms with Crippen molar-refractivity contribution in [3.8, 4) is 0 Å². The van der Waals surface area contributed by atoms with Crippen LogP contribution < -0.4 is 5.32 Å². The third kappa shape index (κ3) is 8.94. The Morgan fingerprint density at radius 1 is 1.27 bits per heavy atom. The molecule has 8 heteroatoms. The molecule has 30 heavy (non-hydrogen) atoms. The molecule has 0 radical (unpaired) electrons. The predicted octanol–water partition coefficient (Wildman–Crippen LogP) is 4.74. The molecule has 0 unspecified atom stereocenters. The Morgan fingerprint density at radius 2 is 2.07 bits per heavy atom. The Hall–Kier alpha value is -1.12. The van der Waals surface area contributed by atoms with Crippen LogP contribution in [0.4, 0.5) is 0 Å². The van der Waals surface area contributed by atoms with Crippen molar-refractivity contribution in [1.82, 2.24) is 15.2 Å². The monoisotopic (exact) mass is 455 g/mol. The number of amides is 1. The summed E-state index contributed by atoms with van der Waals surface area (Å²) in [5, 5.41) is 5.29. The van der Waals surface area contributed by atoms with Gasteiger partial charge in [-0.25, -0.2) is 9.78 Å². The maximum absolute atomic E-state index is 12.3. The molecule has 1 aromatic heterocycles. The van der Waals surface area contributed by atoms with Gasteiger partial charge in [0.2, 0.25) is 5.91 Å². The van der Waals surface area contributed by atoms with Crippen molar-refractivity contribution in [3.63, 3.8) is 0 Å². The lowest BCUT2D eigenvalue weighted by atomic mass is 10.1. The van der Waals surface area contributed by atoms with Crippen LogP contribution in [0.1, 0.15) is 82.1 Å². The predicted molar refractivity (Wildman–Crippen MR) is 124 cm³/mol. The van der Waals surface area contributed by atoms with E-state index in [9.17, 15) is 9.59 Å². The average Bonchev–Trinajstić information content (AvgIpc) is 3.35. The van der Waals surface area contributed by atoms with E-state index in [4.69, 9.17) is 4.74 Å². The van der Waals surface area contributed by atoms with Gasteiger partial charge in [0.1, 0.15) is 0 Å². The number of hydrogen-bond donors (Lipinski definition) is 1. The lowest BCUT2D eigenvalue weighted by molar-refractivity contribution is -0.128. The van der Waals surface area contributed by atoms with Gasteiger partial charge in [-0.2, -0.15) is 0 Å². The van der Waals surface area contributed by atoms with Gasteiger partial charge in [-0.1, -0.05) is 57.7 Å². The summed E-state index contributed by atoms with van der Waals surface area (Å²) in [5.41, 5.74) is 0.386. The summed E-state index contributed by atoms with van der Waals surface area (Å²) in [4.78, 5) is 30.6. The SMILES string of the molecule is CCCCCCCNC[C@H]1CCC(=O)N1CCSc1nc(C(=O)OCCCC)cs1. The number of carbonyl (C=O) groups excluding carboxylic acids is 2. The van der Waals surface area contributed by atoms with Crippen LogP contribution in [0, 0.1) is 0 Å². The molecule has 2 heterocycles. The lowest BCUT2D eigenvalue weighted by Crippen LogP contribution is -2.41. The van der Waals surface area contributed by atoms with Gasteiger partial charge in [-0.3, -0.25) is 4.79 Å². The van der Waals surface area contributed by atoms with E-state index >= 15 is 0 Å². The van der Waals surface area contributed by atoms with Gasteiger partial charge >= 0.3 is 5.97 Å². The number of thiazole rings is 1. The number of carbonyl (C=O) groups is 2. The van der Waals surface area contributed by atoms with E-state index in [1.54, 1.807) is 17.1 Å². The molecule has 1 atom stereocenters. The maximum atomic E-state index is 12.3. The van der Waals surface area contributed by atoms with Crippen molar-refractivity contribution in [2.75, 3.05) is 32.0 Å². The van der Waals surface area contributed by atoms with Crippen molar-refractivity contribution in [2.24, 2.45) is 0 Å². The third-order valence-electron chi connectivity index (χ3n) is 5.27. The topological polar surface area (TPSA) is 71.5 Å². The fraction of sp³-hybridized carbons (Fsp3) is 0.773. The molecular weight excluding hydrogens is 418 g/mol. The fourth-order valence-electron chi connectivity index (χ4n) is 3.47. The minimum absolute atomic E-state index is 0.254. The lowest BCUT2D eigenvalue weighted by Gasteiger charge is -2.25. The summed E-state index contributed by atoms with van der Waals surface area (Å²) < 4.78 is 6.06. The van der Waals surface area contributed by atoms with Crippen LogP contribution in [0.25, 0.3) is 0 Å². The van der Waals surface area contributed by atoms with Crippen LogP contribution in [0.2, 0.25) is 0 Å². The molecule has 1 amide bonds. The van der Waals surface area contributed by atoms with Gasteiger partial charge < -0.3 is 15.0 Å². The largest absolute Gasteiger partial charge is 0.461 e. The van der Waals surface area contributed by atoms with E-state index < -0.39 is 0 Å². The van der Waals surface area contributed by atoms with Gasteiger partial charge in [0.05, 0.1) is 6.61 Å². The summed E-state index contributed by atoms with van der Waals surface area (Å²) in [5.74, 6) is 0.698. The minimum Gasteiger partial charge on any atom is -0.461 e. The normalized spacial score (nSPS) is 16.4. The van der Waals surface area contributed by atoms with Crippen molar-refractivity contribution >= 4 is 35.0 Å². The molecule has 0 spiro atoms. The van der Waals surface area contributed by atoms with Crippen molar-refractivity contribution in [1.29, 1.82) is 0 Å². The van der Waals surface area contributed by atoms with Gasteiger partial charge in [-0.05, 0) is 25.8 Å². The first-order valence-electron chi connectivity index (χ1n) is 11.4. The highest BCUT2D eigenvalue weighted by Gasteiger charge is 2.30. The van der Waals surface area contributed by atoms with Gasteiger partial charge in [0.15, 0.2) is 10.0 Å². The molecule has 0 bridgehead atoms. The average molecular weight is 456 g/mol. The number of esters is 1. The molecule has 6 nitrogen and oxygen atoms in total. The summed E-state index contributed by atoms with van der Waals surface area (Å²) in [6.45, 7) is 7.38. The number of rotatable bonds is 16. The first kappa shape index (κ1) is 25.1. The maximum Gasteiger partial charge on any atom is 0.357 e. The first-order chi connectivity index (χ1) is 14.7. The van der Waals surface area contributed by atoms with Crippen LogP contribution in [-0.2, 0) is 9.53 Å². The third-order valence-corrected chi connectivity index (χ3v) is 7.27. The summed E-state index contributed by atoms with van der Waals surface area (Å²) in [6, 6.07) is 0.300. The quantitative estimate of drug-likeness (QED) is 0.220. The minimum atomic E-state index is -0.345. The van der Waals surface area contributed by atoms with E-state index in [2.05, 4.69) is 24.1 Å². The van der Waals surface area contributed by atoms with Crippen molar-refractivity contribution < 1.29 is 14.3 Å². The second-order valence-electron chi connectivity index (χ2n) is 7.73. The summed E-state index contributed by atoms with van der Waals surface area (Å²) in [6.07, 6.45) is 9.87. The van der Waals surface area contributed by atoms with Crippen molar-refractivity contribution in [2.45, 2.75) is 82.0 Å².